The van der Waals surface area contributed by atoms with E-state index >= 15 is 0 Å². The third-order valence-corrected chi connectivity index (χ3v) is 5.27. The molecule has 2 rings (SSSR count). The SMILES string of the molecule is COCCOCCCNC(=O)c1cccc(S(=O)(=O)Nc2ccc(C)cc2)c1. The molecule has 0 saturated carbocycles. The number of aryl methyl sites for hydroxylation is 1. The van der Waals surface area contributed by atoms with Crippen LogP contribution in [0.15, 0.2) is 53.4 Å². The summed E-state index contributed by atoms with van der Waals surface area (Å²) in [6.07, 6.45) is 0.655. The topological polar surface area (TPSA) is 93.7 Å². The van der Waals surface area contributed by atoms with Crippen molar-refractivity contribution in [3.8, 4) is 0 Å². The Kier molecular flexibility index (Phi) is 8.43. The number of benzene rings is 2. The smallest absolute Gasteiger partial charge is 0.261 e. The highest BCUT2D eigenvalue weighted by Gasteiger charge is 2.16. The fourth-order valence-corrected chi connectivity index (χ4v) is 3.47. The largest absolute Gasteiger partial charge is 0.382 e. The van der Waals surface area contributed by atoms with Gasteiger partial charge in [-0.05, 0) is 43.7 Å². The number of hydrogen-bond acceptors (Lipinski definition) is 5. The second-order valence-electron chi connectivity index (χ2n) is 6.21. The van der Waals surface area contributed by atoms with Gasteiger partial charge in [0.1, 0.15) is 0 Å². The zero-order valence-electron chi connectivity index (χ0n) is 16.1. The summed E-state index contributed by atoms with van der Waals surface area (Å²) in [5, 5.41) is 2.76. The van der Waals surface area contributed by atoms with Crippen LogP contribution in [0.25, 0.3) is 0 Å². The minimum atomic E-state index is -3.78. The summed E-state index contributed by atoms with van der Waals surface area (Å²) in [5.74, 6) is -0.329. The summed E-state index contributed by atoms with van der Waals surface area (Å²) < 4.78 is 37.9. The first-order valence-corrected chi connectivity index (χ1v) is 10.4. The highest BCUT2D eigenvalue weighted by Crippen LogP contribution is 2.17. The zero-order chi connectivity index (χ0) is 20.4. The van der Waals surface area contributed by atoms with Crippen LogP contribution < -0.4 is 10.0 Å². The second kappa shape index (κ2) is 10.8. The van der Waals surface area contributed by atoms with E-state index in [2.05, 4.69) is 10.0 Å². The van der Waals surface area contributed by atoms with Crippen molar-refractivity contribution in [3.05, 3.63) is 59.7 Å². The monoisotopic (exact) mass is 406 g/mol. The Labute approximate surface area is 166 Å². The van der Waals surface area contributed by atoms with Gasteiger partial charge in [0.25, 0.3) is 15.9 Å². The van der Waals surface area contributed by atoms with Crippen LogP contribution >= 0.6 is 0 Å². The predicted molar refractivity (Wildman–Crippen MR) is 108 cm³/mol. The lowest BCUT2D eigenvalue weighted by molar-refractivity contribution is 0.0688. The van der Waals surface area contributed by atoms with E-state index in [0.29, 0.717) is 38.5 Å². The standard InChI is InChI=1S/C20H26N2O5S/c1-16-7-9-18(10-8-16)22-28(24,25)19-6-3-5-17(15-19)20(23)21-11-4-12-27-14-13-26-2/h3,5-10,15,22H,4,11-14H2,1-2H3,(H,21,23). The molecule has 0 heterocycles. The Morgan fingerprint density at radius 1 is 1.04 bits per heavy atom. The summed E-state index contributed by atoms with van der Waals surface area (Å²) in [4.78, 5) is 12.3. The van der Waals surface area contributed by atoms with Gasteiger partial charge in [-0.2, -0.15) is 0 Å². The molecule has 2 aromatic rings. The Hall–Kier alpha value is -2.42. The minimum absolute atomic E-state index is 0.0311. The molecule has 0 unspecified atom stereocenters. The molecule has 2 aromatic carbocycles. The van der Waals surface area contributed by atoms with E-state index in [1.807, 2.05) is 19.1 Å². The highest BCUT2D eigenvalue weighted by atomic mass is 32.2. The van der Waals surface area contributed by atoms with Gasteiger partial charge in [0.2, 0.25) is 0 Å². The first kappa shape index (κ1) is 21.9. The molecule has 0 fully saturated rings. The average Bonchev–Trinajstić information content (AvgIpc) is 2.69. The van der Waals surface area contributed by atoms with Crippen LogP contribution in [-0.4, -0.2) is 47.8 Å². The number of sulfonamides is 1. The van der Waals surface area contributed by atoms with Gasteiger partial charge < -0.3 is 14.8 Å². The van der Waals surface area contributed by atoms with Crippen LogP contribution in [0.2, 0.25) is 0 Å². The van der Waals surface area contributed by atoms with Crippen molar-refractivity contribution in [2.24, 2.45) is 0 Å². The first-order chi connectivity index (χ1) is 13.4. The quantitative estimate of drug-likeness (QED) is 0.560. The van der Waals surface area contributed by atoms with E-state index in [0.717, 1.165) is 5.56 Å². The van der Waals surface area contributed by atoms with Crippen LogP contribution in [0, 0.1) is 6.92 Å². The summed E-state index contributed by atoms with van der Waals surface area (Å²) in [6.45, 7) is 3.91. The van der Waals surface area contributed by atoms with E-state index < -0.39 is 10.0 Å². The second-order valence-corrected chi connectivity index (χ2v) is 7.90. The molecule has 0 atom stereocenters. The lowest BCUT2D eigenvalue weighted by Gasteiger charge is -2.10. The fourth-order valence-electron chi connectivity index (χ4n) is 2.36. The van der Waals surface area contributed by atoms with Gasteiger partial charge in [0, 0.05) is 31.5 Å². The van der Waals surface area contributed by atoms with Crippen molar-refractivity contribution in [1.29, 1.82) is 0 Å². The van der Waals surface area contributed by atoms with Crippen LogP contribution in [0.1, 0.15) is 22.3 Å². The average molecular weight is 407 g/mol. The van der Waals surface area contributed by atoms with E-state index in [1.165, 1.54) is 12.1 Å². The highest BCUT2D eigenvalue weighted by molar-refractivity contribution is 7.92. The van der Waals surface area contributed by atoms with Crippen LogP contribution in [0.4, 0.5) is 5.69 Å². The van der Waals surface area contributed by atoms with Gasteiger partial charge in [-0.1, -0.05) is 23.8 Å². The van der Waals surface area contributed by atoms with E-state index in [4.69, 9.17) is 9.47 Å². The molecular weight excluding hydrogens is 380 g/mol. The Bertz CT molecular complexity index is 866. The van der Waals surface area contributed by atoms with Crippen molar-refractivity contribution in [2.45, 2.75) is 18.2 Å². The Balaban J connectivity index is 1.93. The maximum absolute atomic E-state index is 12.6. The fraction of sp³-hybridized carbons (Fsp3) is 0.350. The maximum atomic E-state index is 12.6. The van der Waals surface area contributed by atoms with Crippen molar-refractivity contribution in [3.63, 3.8) is 0 Å². The number of methoxy groups -OCH3 is 1. The third-order valence-electron chi connectivity index (χ3n) is 3.89. The first-order valence-electron chi connectivity index (χ1n) is 8.97. The molecule has 0 aliphatic carbocycles. The summed E-state index contributed by atoms with van der Waals surface area (Å²) in [6, 6.07) is 13.0. The lowest BCUT2D eigenvalue weighted by atomic mass is 10.2. The molecule has 8 heteroatoms. The van der Waals surface area contributed by atoms with Gasteiger partial charge >= 0.3 is 0 Å². The van der Waals surface area contributed by atoms with E-state index in [9.17, 15) is 13.2 Å². The maximum Gasteiger partial charge on any atom is 0.261 e. The zero-order valence-corrected chi connectivity index (χ0v) is 16.9. The van der Waals surface area contributed by atoms with Crippen molar-refractivity contribution < 1.29 is 22.7 Å². The molecule has 0 spiro atoms. The van der Waals surface area contributed by atoms with Gasteiger partial charge in [-0.3, -0.25) is 9.52 Å². The van der Waals surface area contributed by atoms with E-state index in [1.54, 1.807) is 31.4 Å². The predicted octanol–water partition coefficient (Wildman–Crippen LogP) is 2.58. The molecule has 0 saturated heterocycles. The number of ether oxygens (including phenoxy) is 2. The molecule has 7 nitrogen and oxygen atoms in total. The number of carbonyl (C=O) groups is 1. The molecule has 28 heavy (non-hydrogen) atoms. The molecular formula is C20H26N2O5S. The molecule has 0 radical (unpaired) electrons. The van der Waals surface area contributed by atoms with Gasteiger partial charge in [-0.25, -0.2) is 8.42 Å². The molecule has 0 bridgehead atoms. The van der Waals surface area contributed by atoms with Crippen molar-refractivity contribution >= 4 is 21.6 Å². The number of hydrogen-bond donors (Lipinski definition) is 2. The number of amides is 1. The molecule has 1 amide bonds. The Morgan fingerprint density at radius 2 is 1.79 bits per heavy atom. The van der Waals surface area contributed by atoms with Crippen LogP contribution in [0.5, 0.6) is 0 Å². The number of rotatable bonds is 11. The van der Waals surface area contributed by atoms with Crippen LogP contribution in [0.3, 0.4) is 0 Å². The van der Waals surface area contributed by atoms with Gasteiger partial charge in [0.15, 0.2) is 0 Å². The normalized spacial score (nSPS) is 11.2. The van der Waals surface area contributed by atoms with E-state index in [-0.39, 0.29) is 16.4 Å². The van der Waals surface area contributed by atoms with Gasteiger partial charge in [-0.15, -0.1) is 0 Å². The Morgan fingerprint density at radius 3 is 2.50 bits per heavy atom. The number of anilines is 1. The minimum Gasteiger partial charge on any atom is -0.382 e. The third kappa shape index (κ3) is 6.95. The summed E-state index contributed by atoms with van der Waals surface area (Å²) in [7, 11) is -2.18. The molecule has 0 aliphatic rings. The number of carbonyl (C=O) groups excluding carboxylic acids is 1. The lowest BCUT2D eigenvalue weighted by Crippen LogP contribution is -2.25. The molecule has 2 N–H and O–H groups in total. The van der Waals surface area contributed by atoms with Crippen molar-refractivity contribution in [2.75, 3.05) is 38.2 Å². The summed E-state index contributed by atoms with van der Waals surface area (Å²) in [5.41, 5.74) is 1.78. The molecule has 152 valence electrons. The number of nitrogens with one attached hydrogen (secondary N) is 2. The van der Waals surface area contributed by atoms with Crippen LogP contribution in [-0.2, 0) is 19.5 Å². The molecule has 0 aromatic heterocycles. The molecule has 0 aliphatic heterocycles. The van der Waals surface area contributed by atoms with Crippen molar-refractivity contribution in [1.82, 2.24) is 5.32 Å². The van der Waals surface area contributed by atoms with Gasteiger partial charge in [0.05, 0.1) is 18.1 Å². The summed E-state index contributed by atoms with van der Waals surface area (Å²) >= 11 is 0.